The van der Waals surface area contributed by atoms with E-state index >= 15 is 0 Å². The van der Waals surface area contributed by atoms with Crippen LogP contribution < -0.4 is 0 Å². The van der Waals surface area contributed by atoms with E-state index in [2.05, 4.69) is 25.1 Å². The number of aromatic nitrogens is 5. The molecule has 7 nitrogen and oxygen atoms in total. The molecule has 3 heterocycles. The lowest BCUT2D eigenvalue weighted by molar-refractivity contribution is 0.138. The minimum Gasteiger partial charge on any atom is -0.338 e. The van der Waals surface area contributed by atoms with E-state index in [9.17, 15) is 0 Å². The lowest BCUT2D eigenvalue weighted by Crippen LogP contribution is -2.36. The van der Waals surface area contributed by atoms with Crippen LogP contribution in [0.1, 0.15) is 18.7 Å². The van der Waals surface area contributed by atoms with Crippen LogP contribution in [-0.4, -0.2) is 42.9 Å². The topological polar surface area (TPSA) is 72.9 Å². The first-order valence-electron chi connectivity index (χ1n) is 8.29. The number of nitrogens with zero attached hydrogens (tertiary/aromatic N) is 6. The fourth-order valence-electron chi connectivity index (χ4n) is 3.25. The van der Waals surface area contributed by atoms with E-state index in [-0.39, 0.29) is 0 Å². The number of piperidine rings is 1. The molecule has 3 aromatic rings. The SMILES string of the molecule is c1ccc(-c2noc(CN3CCC[C@H](Cn4cncn4)C3)n2)cc1. The zero-order valence-corrected chi connectivity index (χ0v) is 13.5. The molecule has 124 valence electrons. The van der Waals surface area contributed by atoms with Crippen LogP contribution >= 0.6 is 0 Å². The lowest BCUT2D eigenvalue weighted by Gasteiger charge is -2.31. The third kappa shape index (κ3) is 3.51. The molecule has 1 aliphatic rings. The van der Waals surface area contributed by atoms with Crippen LogP contribution in [0.4, 0.5) is 0 Å². The normalized spacial score (nSPS) is 18.8. The van der Waals surface area contributed by atoms with Gasteiger partial charge in [0.25, 0.3) is 0 Å². The van der Waals surface area contributed by atoms with Crippen LogP contribution in [-0.2, 0) is 13.1 Å². The maximum Gasteiger partial charge on any atom is 0.241 e. The standard InChI is InChI=1S/C17H20N6O/c1-2-6-15(7-3-1)17-20-16(24-21-17)11-22-8-4-5-14(9-22)10-23-13-18-12-19-23/h1-3,6-7,12-14H,4-5,8-11H2/t14-/m0/s1. The Morgan fingerprint density at radius 1 is 1.21 bits per heavy atom. The second kappa shape index (κ2) is 6.92. The maximum atomic E-state index is 5.43. The minimum atomic E-state index is 0.581. The minimum absolute atomic E-state index is 0.581. The van der Waals surface area contributed by atoms with E-state index in [1.54, 1.807) is 12.7 Å². The number of benzene rings is 1. The first-order chi connectivity index (χ1) is 11.9. The first-order valence-corrected chi connectivity index (χ1v) is 8.29. The Morgan fingerprint density at radius 2 is 2.12 bits per heavy atom. The Hall–Kier alpha value is -2.54. The monoisotopic (exact) mass is 324 g/mol. The summed E-state index contributed by atoms with van der Waals surface area (Å²) in [7, 11) is 0. The van der Waals surface area contributed by atoms with Gasteiger partial charge in [0.2, 0.25) is 11.7 Å². The molecule has 0 radical (unpaired) electrons. The Kier molecular flexibility index (Phi) is 4.33. The van der Waals surface area contributed by atoms with Crippen molar-refractivity contribution in [2.45, 2.75) is 25.9 Å². The highest BCUT2D eigenvalue weighted by Gasteiger charge is 2.22. The van der Waals surface area contributed by atoms with E-state index in [0.717, 1.165) is 25.2 Å². The third-order valence-electron chi connectivity index (χ3n) is 4.37. The van der Waals surface area contributed by atoms with Crippen LogP contribution in [0.25, 0.3) is 11.4 Å². The van der Waals surface area contributed by atoms with Gasteiger partial charge in [0.15, 0.2) is 0 Å². The number of likely N-dealkylation sites (tertiary alicyclic amines) is 1. The summed E-state index contributed by atoms with van der Waals surface area (Å²) < 4.78 is 7.34. The van der Waals surface area contributed by atoms with E-state index in [1.807, 2.05) is 35.0 Å². The van der Waals surface area contributed by atoms with Gasteiger partial charge in [0, 0.05) is 18.7 Å². The average molecular weight is 324 g/mol. The molecule has 0 spiro atoms. The third-order valence-corrected chi connectivity index (χ3v) is 4.37. The predicted molar refractivity (Wildman–Crippen MR) is 87.8 cm³/mol. The van der Waals surface area contributed by atoms with Gasteiger partial charge in [0.05, 0.1) is 6.54 Å². The Bertz CT molecular complexity index is 755. The van der Waals surface area contributed by atoms with Crippen LogP contribution in [0.2, 0.25) is 0 Å². The molecule has 1 aliphatic heterocycles. The Morgan fingerprint density at radius 3 is 2.96 bits per heavy atom. The highest BCUT2D eigenvalue weighted by atomic mass is 16.5. The highest BCUT2D eigenvalue weighted by Crippen LogP contribution is 2.21. The molecule has 7 heteroatoms. The van der Waals surface area contributed by atoms with Crippen LogP contribution in [0.3, 0.4) is 0 Å². The lowest BCUT2D eigenvalue weighted by atomic mass is 9.98. The van der Waals surface area contributed by atoms with Crippen molar-refractivity contribution >= 4 is 0 Å². The van der Waals surface area contributed by atoms with E-state index < -0.39 is 0 Å². The summed E-state index contributed by atoms with van der Waals surface area (Å²) in [5.41, 5.74) is 0.982. The molecular weight excluding hydrogens is 304 g/mol. The smallest absolute Gasteiger partial charge is 0.241 e. The number of hydrogen-bond donors (Lipinski definition) is 0. The van der Waals surface area contributed by atoms with Gasteiger partial charge in [-0.05, 0) is 25.3 Å². The summed E-state index contributed by atoms with van der Waals surface area (Å²) in [6, 6.07) is 9.91. The molecule has 1 aromatic carbocycles. The molecule has 1 fully saturated rings. The van der Waals surface area contributed by atoms with Gasteiger partial charge in [-0.15, -0.1) is 0 Å². The molecule has 1 atom stereocenters. The molecular formula is C17H20N6O. The van der Waals surface area contributed by atoms with Gasteiger partial charge >= 0.3 is 0 Å². The summed E-state index contributed by atoms with van der Waals surface area (Å²) in [6.07, 6.45) is 5.77. The molecule has 4 rings (SSSR count). The fourth-order valence-corrected chi connectivity index (χ4v) is 3.25. The molecule has 24 heavy (non-hydrogen) atoms. The largest absolute Gasteiger partial charge is 0.338 e. The molecule has 0 N–H and O–H groups in total. The Balaban J connectivity index is 1.37. The summed E-state index contributed by atoms with van der Waals surface area (Å²) >= 11 is 0. The summed E-state index contributed by atoms with van der Waals surface area (Å²) in [5.74, 6) is 1.91. The van der Waals surface area contributed by atoms with Crippen molar-refractivity contribution in [3.05, 3.63) is 48.9 Å². The summed E-state index contributed by atoms with van der Waals surface area (Å²) in [5, 5.41) is 8.30. The fraction of sp³-hybridized carbons (Fsp3) is 0.412. The zero-order chi connectivity index (χ0) is 16.2. The quantitative estimate of drug-likeness (QED) is 0.716. The molecule has 0 unspecified atom stereocenters. The van der Waals surface area contributed by atoms with Gasteiger partial charge in [-0.1, -0.05) is 35.5 Å². The van der Waals surface area contributed by atoms with Crippen molar-refractivity contribution < 1.29 is 4.52 Å². The van der Waals surface area contributed by atoms with E-state index in [1.165, 1.54) is 12.8 Å². The average Bonchev–Trinajstić information content (AvgIpc) is 3.28. The molecule has 2 aromatic heterocycles. The van der Waals surface area contributed by atoms with Gasteiger partial charge in [-0.3, -0.25) is 9.58 Å². The van der Waals surface area contributed by atoms with Crippen LogP contribution in [0, 0.1) is 5.92 Å². The van der Waals surface area contributed by atoms with Crippen molar-refractivity contribution in [3.63, 3.8) is 0 Å². The van der Waals surface area contributed by atoms with Crippen LogP contribution in [0.15, 0.2) is 47.5 Å². The van der Waals surface area contributed by atoms with Crippen molar-refractivity contribution in [3.8, 4) is 11.4 Å². The van der Waals surface area contributed by atoms with Gasteiger partial charge < -0.3 is 4.52 Å². The molecule has 0 amide bonds. The second-order valence-corrected chi connectivity index (χ2v) is 6.24. The van der Waals surface area contributed by atoms with E-state index in [0.29, 0.717) is 24.2 Å². The van der Waals surface area contributed by atoms with Gasteiger partial charge in [-0.2, -0.15) is 10.1 Å². The van der Waals surface area contributed by atoms with Crippen molar-refractivity contribution in [2.75, 3.05) is 13.1 Å². The highest BCUT2D eigenvalue weighted by molar-refractivity contribution is 5.53. The molecule has 1 saturated heterocycles. The number of rotatable bonds is 5. The predicted octanol–water partition coefficient (Wildman–Crippen LogP) is 2.24. The first kappa shape index (κ1) is 15.0. The van der Waals surface area contributed by atoms with Crippen LogP contribution in [0.5, 0.6) is 0 Å². The maximum absolute atomic E-state index is 5.43. The van der Waals surface area contributed by atoms with E-state index in [4.69, 9.17) is 4.52 Å². The molecule has 0 saturated carbocycles. The van der Waals surface area contributed by atoms with Gasteiger partial charge in [-0.25, -0.2) is 4.98 Å². The molecule has 0 aliphatic carbocycles. The summed E-state index contributed by atoms with van der Waals surface area (Å²) in [6.45, 7) is 3.70. The Labute approximate surface area is 140 Å². The van der Waals surface area contributed by atoms with Crippen molar-refractivity contribution in [2.24, 2.45) is 5.92 Å². The summed E-state index contributed by atoms with van der Waals surface area (Å²) in [4.78, 5) is 10.9. The van der Waals surface area contributed by atoms with Gasteiger partial charge in [0.1, 0.15) is 12.7 Å². The number of hydrogen-bond acceptors (Lipinski definition) is 6. The van der Waals surface area contributed by atoms with Crippen molar-refractivity contribution in [1.29, 1.82) is 0 Å². The molecule has 0 bridgehead atoms. The van der Waals surface area contributed by atoms with Crippen molar-refractivity contribution in [1.82, 2.24) is 29.8 Å². The second-order valence-electron chi connectivity index (χ2n) is 6.24. The zero-order valence-electron chi connectivity index (χ0n) is 13.5.